The number of aromatic nitrogens is 1. The molecular weight excluding hydrogens is 242 g/mol. The first-order chi connectivity index (χ1) is 6.48. The van der Waals surface area contributed by atoms with Gasteiger partial charge in [0.15, 0.2) is 5.78 Å². The van der Waals surface area contributed by atoms with Gasteiger partial charge < -0.3 is 0 Å². The number of fused-ring (bicyclic) bond motifs is 1. The molecule has 0 spiro atoms. The van der Waals surface area contributed by atoms with Crippen LogP contribution in [-0.4, -0.2) is 10.8 Å². The van der Waals surface area contributed by atoms with Crippen LogP contribution in [0.2, 0.25) is 0 Å². The van der Waals surface area contributed by atoms with E-state index in [9.17, 15) is 4.79 Å². The first kappa shape index (κ1) is 9.84. The molecule has 3 heteroatoms. The minimum Gasteiger partial charge on any atom is -0.292 e. The van der Waals surface area contributed by atoms with Crippen LogP contribution >= 0.6 is 15.9 Å². The topological polar surface area (TPSA) is 30.0 Å². The molecule has 2 nitrogen and oxygen atoms in total. The van der Waals surface area contributed by atoms with Gasteiger partial charge in [0, 0.05) is 6.42 Å². The maximum Gasteiger partial charge on any atom is 0.182 e. The van der Waals surface area contributed by atoms with Gasteiger partial charge in [0.1, 0.15) is 10.3 Å². The highest BCUT2D eigenvalue weighted by Gasteiger charge is 2.31. The molecule has 0 saturated heterocycles. The molecule has 1 aromatic heterocycles. The third-order valence-corrected chi connectivity index (χ3v) is 2.96. The van der Waals surface area contributed by atoms with Gasteiger partial charge in [-0.05, 0) is 39.4 Å². The van der Waals surface area contributed by atoms with Crippen LogP contribution in [-0.2, 0) is 6.42 Å². The third kappa shape index (κ3) is 1.73. The number of ketones is 1. The van der Waals surface area contributed by atoms with Crippen molar-refractivity contribution in [2.75, 3.05) is 0 Å². The van der Waals surface area contributed by atoms with Crippen molar-refractivity contribution in [1.29, 1.82) is 0 Å². The van der Waals surface area contributed by atoms with E-state index in [1.54, 1.807) is 0 Å². The van der Waals surface area contributed by atoms with E-state index in [-0.39, 0.29) is 11.2 Å². The van der Waals surface area contributed by atoms with Crippen molar-refractivity contribution in [3.05, 3.63) is 28.0 Å². The fourth-order valence-electron chi connectivity index (χ4n) is 1.94. The van der Waals surface area contributed by atoms with Gasteiger partial charge in [-0.3, -0.25) is 4.79 Å². The Kier molecular flexibility index (Phi) is 2.22. The Hall–Kier alpha value is -0.700. The monoisotopic (exact) mass is 253 g/mol. The lowest BCUT2D eigenvalue weighted by Crippen LogP contribution is -2.27. The fraction of sp³-hybridized carbons (Fsp3) is 0.455. The zero-order chi connectivity index (χ0) is 10.3. The summed E-state index contributed by atoms with van der Waals surface area (Å²) in [5.74, 6) is 0.164. The number of carbonyl (C=O) groups is 1. The Morgan fingerprint density at radius 3 is 2.79 bits per heavy atom. The van der Waals surface area contributed by atoms with E-state index in [1.807, 2.05) is 12.1 Å². The van der Waals surface area contributed by atoms with Crippen LogP contribution in [0.25, 0.3) is 0 Å². The van der Waals surface area contributed by atoms with Crippen LogP contribution in [0.1, 0.15) is 36.3 Å². The molecule has 0 unspecified atom stereocenters. The van der Waals surface area contributed by atoms with Gasteiger partial charge in [0.05, 0.1) is 0 Å². The van der Waals surface area contributed by atoms with Crippen molar-refractivity contribution in [2.24, 2.45) is 5.41 Å². The standard InChI is InChI=1S/C11H12BrNO/c1-11(2)5-7-3-4-9(12)13-10(7)8(14)6-11/h3-4H,5-6H2,1-2H3. The number of nitrogens with zero attached hydrogens (tertiary/aromatic N) is 1. The van der Waals surface area contributed by atoms with Crippen molar-refractivity contribution in [3.63, 3.8) is 0 Å². The smallest absolute Gasteiger partial charge is 0.182 e. The Balaban J connectivity index is 2.50. The molecule has 1 aliphatic carbocycles. The Morgan fingerprint density at radius 2 is 2.07 bits per heavy atom. The molecule has 0 aliphatic heterocycles. The van der Waals surface area contributed by atoms with E-state index in [0.29, 0.717) is 12.1 Å². The van der Waals surface area contributed by atoms with Gasteiger partial charge in [-0.15, -0.1) is 0 Å². The van der Waals surface area contributed by atoms with Gasteiger partial charge in [-0.2, -0.15) is 0 Å². The summed E-state index contributed by atoms with van der Waals surface area (Å²) in [4.78, 5) is 16.0. The lowest BCUT2D eigenvalue weighted by Gasteiger charge is -2.29. The highest BCUT2D eigenvalue weighted by molar-refractivity contribution is 9.10. The van der Waals surface area contributed by atoms with Crippen molar-refractivity contribution >= 4 is 21.7 Å². The highest BCUT2D eigenvalue weighted by atomic mass is 79.9. The molecule has 1 aromatic rings. The molecule has 1 aliphatic rings. The van der Waals surface area contributed by atoms with Crippen LogP contribution in [0, 0.1) is 5.41 Å². The van der Waals surface area contributed by atoms with E-state index in [4.69, 9.17) is 0 Å². The van der Waals surface area contributed by atoms with Crippen LogP contribution < -0.4 is 0 Å². The molecule has 14 heavy (non-hydrogen) atoms. The average molecular weight is 254 g/mol. The van der Waals surface area contributed by atoms with E-state index in [1.165, 1.54) is 0 Å². The molecule has 1 heterocycles. The number of pyridine rings is 1. The van der Waals surface area contributed by atoms with Crippen molar-refractivity contribution in [3.8, 4) is 0 Å². The quantitative estimate of drug-likeness (QED) is 0.666. The zero-order valence-electron chi connectivity index (χ0n) is 8.30. The van der Waals surface area contributed by atoms with Crippen LogP contribution in [0.4, 0.5) is 0 Å². The van der Waals surface area contributed by atoms with E-state index >= 15 is 0 Å². The molecule has 0 N–H and O–H groups in total. The van der Waals surface area contributed by atoms with Crippen LogP contribution in [0.3, 0.4) is 0 Å². The first-order valence-corrected chi connectivity index (χ1v) is 5.46. The number of hydrogen-bond donors (Lipinski definition) is 0. The van der Waals surface area contributed by atoms with Crippen molar-refractivity contribution in [2.45, 2.75) is 26.7 Å². The van der Waals surface area contributed by atoms with Crippen LogP contribution in [0.5, 0.6) is 0 Å². The highest BCUT2D eigenvalue weighted by Crippen LogP contribution is 2.34. The number of hydrogen-bond acceptors (Lipinski definition) is 2. The minimum absolute atomic E-state index is 0.0829. The number of Topliss-reactive ketones (excluding diaryl/α,β-unsaturated/α-hetero) is 1. The Bertz CT molecular complexity index is 398. The molecule has 0 atom stereocenters. The van der Waals surface area contributed by atoms with Crippen molar-refractivity contribution < 1.29 is 4.79 Å². The predicted octanol–water partition coefficient (Wildman–Crippen LogP) is 3.00. The fourth-order valence-corrected chi connectivity index (χ4v) is 2.25. The molecule has 74 valence electrons. The summed E-state index contributed by atoms with van der Waals surface area (Å²) < 4.78 is 0.740. The summed E-state index contributed by atoms with van der Waals surface area (Å²) in [7, 11) is 0. The predicted molar refractivity (Wildman–Crippen MR) is 58.4 cm³/mol. The van der Waals surface area contributed by atoms with Crippen LogP contribution in [0.15, 0.2) is 16.7 Å². The zero-order valence-corrected chi connectivity index (χ0v) is 9.89. The maximum absolute atomic E-state index is 11.8. The summed E-state index contributed by atoms with van der Waals surface area (Å²) in [6.07, 6.45) is 1.54. The van der Waals surface area contributed by atoms with Gasteiger partial charge in [0.2, 0.25) is 0 Å². The normalized spacial score (nSPS) is 19.2. The molecule has 0 radical (unpaired) electrons. The molecule has 0 aromatic carbocycles. The number of halogens is 1. The van der Waals surface area contributed by atoms with Gasteiger partial charge in [-0.1, -0.05) is 19.9 Å². The Labute approximate surface area is 91.9 Å². The molecule has 2 rings (SSSR count). The summed E-state index contributed by atoms with van der Waals surface area (Å²) in [6, 6.07) is 3.89. The first-order valence-electron chi connectivity index (χ1n) is 4.67. The largest absolute Gasteiger partial charge is 0.292 e. The average Bonchev–Trinajstić information content (AvgIpc) is 2.05. The van der Waals surface area contributed by atoms with Gasteiger partial charge in [0.25, 0.3) is 0 Å². The second kappa shape index (κ2) is 3.16. The molecule has 0 saturated carbocycles. The molecular formula is C11H12BrNO. The molecule has 0 amide bonds. The lowest BCUT2D eigenvalue weighted by molar-refractivity contribution is 0.0906. The Morgan fingerprint density at radius 1 is 1.36 bits per heavy atom. The molecule has 0 fully saturated rings. The maximum atomic E-state index is 11.8. The number of rotatable bonds is 0. The van der Waals surface area contributed by atoms with E-state index in [0.717, 1.165) is 16.6 Å². The summed E-state index contributed by atoms with van der Waals surface area (Å²) >= 11 is 3.28. The van der Waals surface area contributed by atoms with E-state index < -0.39 is 0 Å². The number of carbonyl (C=O) groups excluding carboxylic acids is 1. The second-order valence-electron chi connectivity index (χ2n) is 4.58. The van der Waals surface area contributed by atoms with Gasteiger partial charge >= 0.3 is 0 Å². The lowest BCUT2D eigenvalue weighted by atomic mass is 9.75. The summed E-state index contributed by atoms with van der Waals surface area (Å²) in [5, 5.41) is 0. The van der Waals surface area contributed by atoms with Gasteiger partial charge in [-0.25, -0.2) is 4.98 Å². The van der Waals surface area contributed by atoms with E-state index in [2.05, 4.69) is 34.8 Å². The van der Waals surface area contributed by atoms with Crippen molar-refractivity contribution in [1.82, 2.24) is 4.98 Å². The minimum atomic E-state index is 0.0829. The second-order valence-corrected chi connectivity index (χ2v) is 5.40. The third-order valence-electron chi connectivity index (χ3n) is 2.52. The summed E-state index contributed by atoms with van der Waals surface area (Å²) in [5.41, 5.74) is 1.81. The summed E-state index contributed by atoms with van der Waals surface area (Å²) in [6.45, 7) is 4.24. The SMILES string of the molecule is CC1(C)CC(=O)c2nc(Br)ccc2C1. The molecule has 0 bridgehead atoms.